The van der Waals surface area contributed by atoms with Gasteiger partial charge in [0.15, 0.2) is 5.78 Å². The van der Waals surface area contributed by atoms with E-state index >= 15 is 0 Å². The number of aldehydes is 1. The molecule has 1 unspecified atom stereocenters. The van der Waals surface area contributed by atoms with Crippen molar-refractivity contribution in [3.05, 3.63) is 35.9 Å². The van der Waals surface area contributed by atoms with E-state index in [1.54, 1.807) is 0 Å². The fourth-order valence-electron chi connectivity index (χ4n) is 2.30. The summed E-state index contributed by atoms with van der Waals surface area (Å²) in [6, 6.07) is 8.89. The molecule has 1 aromatic rings. The molecule has 1 aromatic carbocycles. The van der Waals surface area contributed by atoms with Gasteiger partial charge in [-0.05, 0) is 0 Å². The first kappa shape index (κ1) is 12.9. The lowest BCUT2D eigenvalue weighted by Gasteiger charge is -2.33. The smallest absolute Gasteiger partial charge is 0.180 e. The molecule has 0 radical (unpaired) electrons. The Morgan fingerprint density at radius 3 is 2.56 bits per heavy atom. The van der Waals surface area contributed by atoms with Crippen molar-refractivity contribution >= 4 is 12.1 Å². The first-order valence-electron chi connectivity index (χ1n) is 6.30. The number of hydrogen-bond acceptors (Lipinski definition) is 4. The number of Topliss-reactive ketones (excluding diaryl/α,β-unsaturated/α-hetero) is 1. The predicted molar refractivity (Wildman–Crippen MR) is 69.7 cm³/mol. The fraction of sp³-hybridized carbons (Fsp3) is 0.429. The summed E-state index contributed by atoms with van der Waals surface area (Å²) in [5, 5.41) is 3.25. The number of ketones is 1. The monoisotopic (exact) mass is 246 g/mol. The molecule has 0 bridgehead atoms. The summed E-state index contributed by atoms with van der Waals surface area (Å²) in [5.41, 5.74) is 0.683. The molecule has 1 atom stereocenters. The molecule has 0 aromatic heterocycles. The minimum Gasteiger partial charge on any atom is -0.314 e. The summed E-state index contributed by atoms with van der Waals surface area (Å²) in [5.74, 6) is 0.0459. The molecule has 1 heterocycles. The number of hydrogen-bond donors (Lipinski definition) is 1. The standard InChI is InChI=1S/C14H18N2O2/c17-11-6-13(16-9-7-15-8-10-16)14(18)12-4-2-1-3-5-12/h1-5,11,13,15H,6-10H2. The minimum atomic E-state index is -0.313. The van der Waals surface area contributed by atoms with Gasteiger partial charge in [-0.1, -0.05) is 30.3 Å². The third-order valence-corrected chi connectivity index (χ3v) is 3.27. The van der Waals surface area contributed by atoms with Gasteiger partial charge in [0.2, 0.25) is 0 Å². The molecule has 1 N–H and O–H groups in total. The highest BCUT2D eigenvalue weighted by atomic mass is 16.1. The molecule has 96 valence electrons. The molecule has 0 amide bonds. The van der Waals surface area contributed by atoms with Crippen LogP contribution in [0.1, 0.15) is 16.8 Å². The average molecular weight is 246 g/mol. The van der Waals surface area contributed by atoms with Gasteiger partial charge in [0.1, 0.15) is 6.29 Å². The van der Waals surface area contributed by atoms with Gasteiger partial charge in [-0.25, -0.2) is 0 Å². The van der Waals surface area contributed by atoms with Crippen LogP contribution in [0.25, 0.3) is 0 Å². The quantitative estimate of drug-likeness (QED) is 0.615. The Balaban J connectivity index is 2.13. The van der Waals surface area contributed by atoms with Crippen molar-refractivity contribution in [3.63, 3.8) is 0 Å². The van der Waals surface area contributed by atoms with Gasteiger partial charge in [-0.15, -0.1) is 0 Å². The largest absolute Gasteiger partial charge is 0.314 e. The fourth-order valence-corrected chi connectivity index (χ4v) is 2.30. The highest BCUT2D eigenvalue weighted by Crippen LogP contribution is 2.12. The van der Waals surface area contributed by atoms with Crippen LogP contribution in [0.15, 0.2) is 30.3 Å². The Morgan fingerprint density at radius 1 is 1.28 bits per heavy atom. The number of carbonyl (C=O) groups is 2. The topological polar surface area (TPSA) is 49.4 Å². The Hall–Kier alpha value is -1.52. The number of carbonyl (C=O) groups excluding carboxylic acids is 2. The van der Waals surface area contributed by atoms with Gasteiger partial charge in [0, 0.05) is 38.2 Å². The summed E-state index contributed by atoms with van der Waals surface area (Å²) in [7, 11) is 0. The molecule has 1 aliphatic heterocycles. The third-order valence-electron chi connectivity index (χ3n) is 3.27. The Labute approximate surface area is 107 Å². The number of piperazine rings is 1. The molecule has 1 aliphatic rings. The second kappa shape index (κ2) is 6.42. The molecule has 18 heavy (non-hydrogen) atoms. The molecular formula is C14H18N2O2. The lowest BCUT2D eigenvalue weighted by Crippen LogP contribution is -2.51. The van der Waals surface area contributed by atoms with Crippen molar-refractivity contribution in [1.82, 2.24) is 10.2 Å². The van der Waals surface area contributed by atoms with Gasteiger partial charge < -0.3 is 10.1 Å². The maximum atomic E-state index is 12.4. The van der Waals surface area contributed by atoms with Gasteiger partial charge in [0.25, 0.3) is 0 Å². The second-order valence-electron chi connectivity index (χ2n) is 4.43. The number of nitrogens with one attached hydrogen (secondary N) is 1. The maximum absolute atomic E-state index is 12.4. The molecule has 0 aliphatic carbocycles. The first-order chi connectivity index (χ1) is 8.83. The number of nitrogens with zero attached hydrogens (tertiary/aromatic N) is 1. The van der Waals surface area contributed by atoms with Crippen LogP contribution in [0.5, 0.6) is 0 Å². The van der Waals surface area contributed by atoms with E-state index in [0.29, 0.717) is 5.56 Å². The summed E-state index contributed by atoms with van der Waals surface area (Å²) in [6.45, 7) is 3.38. The Kier molecular flexibility index (Phi) is 4.61. The van der Waals surface area contributed by atoms with Crippen molar-refractivity contribution in [2.24, 2.45) is 0 Å². The lowest BCUT2D eigenvalue weighted by atomic mass is 10.00. The van der Waals surface area contributed by atoms with Gasteiger partial charge in [0.05, 0.1) is 6.04 Å². The summed E-state index contributed by atoms with van der Waals surface area (Å²) < 4.78 is 0. The molecule has 4 nitrogen and oxygen atoms in total. The summed E-state index contributed by atoms with van der Waals surface area (Å²) in [6.07, 6.45) is 1.11. The zero-order valence-corrected chi connectivity index (χ0v) is 10.3. The average Bonchev–Trinajstić information content (AvgIpc) is 2.46. The summed E-state index contributed by atoms with van der Waals surface area (Å²) in [4.78, 5) is 25.3. The van der Waals surface area contributed by atoms with Gasteiger partial charge in [-0.2, -0.15) is 0 Å². The van der Waals surface area contributed by atoms with E-state index < -0.39 is 0 Å². The van der Waals surface area contributed by atoms with Gasteiger partial charge in [-0.3, -0.25) is 9.69 Å². The van der Waals surface area contributed by atoms with Gasteiger partial charge >= 0.3 is 0 Å². The first-order valence-corrected chi connectivity index (χ1v) is 6.30. The van der Waals surface area contributed by atoms with Crippen LogP contribution in [-0.4, -0.2) is 49.2 Å². The zero-order valence-electron chi connectivity index (χ0n) is 10.3. The van der Waals surface area contributed by atoms with E-state index in [-0.39, 0.29) is 18.2 Å². The highest BCUT2D eigenvalue weighted by Gasteiger charge is 2.27. The normalized spacial score (nSPS) is 18.2. The summed E-state index contributed by atoms with van der Waals surface area (Å²) >= 11 is 0. The van der Waals surface area contributed by atoms with Crippen LogP contribution in [0.3, 0.4) is 0 Å². The number of benzene rings is 1. The van der Waals surface area contributed by atoms with Crippen LogP contribution < -0.4 is 5.32 Å². The zero-order chi connectivity index (χ0) is 12.8. The van der Waals surface area contributed by atoms with Crippen molar-refractivity contribution in [3.8, 4) is 0 Å². The molecule has 4 heteroatoms. The Morgan fingerprint density at radius 2 is 1.94 bits per heavy atom. The van der Waals surface area contributed by atoms with Crippen molar-refractivity contribution < 1.29 is 9.59 Å². The number of rotatable bonds is 5. The van der Waals surface area contributed by atoms with Crippen molar-refractivity contribution in [2.45, 2.75) is 12.5 Å². The van der Waals surface area contributed by atoms with E-state index in [9.17, 15) is 9.59 Å². The maximum Gasteiger partial charge on any atom is 0.180 e. The predicted octanol–water partition coefficient (Wildman–Crippen LogP) is 0.732. The van der Waals surface area contributed by atoms with Crippen LogP contribution in [-0.2, 0) is 4.79 Å². The third kappa shape index (κ3) is 3.03. The van der Waals surface area contributed by atoms with Crippen LogP contribution in [0.4, 0.5) is 0 Å². The SMILES string of the molecule is O=CCC(C(=O)c1ccccc1)N1CCNCC1. The van der Waals surface area contributed by atoms with E-state index in [1.807, 2.05) is 30.3 Å². The highest BCUT2D eigenvalue weighted by molar-refractivity contribution is 6.01. The second-order valence-corrected chi connectivity index (χ2v) is 4.43. The molecule has 0 saturated carbocycles. The molecule has 0 spiro atoms. The van der Waals surface area contributed by atoms with Crippen LogP contribution in [0, 0.1) is 0 Å². The molecule has 2 rings (SSSR count). The molecule has 1 saturated heterocycles. The lowest BCUT2D eigenvalue weighted by molar-refractivity contribution is -0.108. The van der Waals surface area contributed by atoms with Crippen LogP contribution in [0.2, 0.25) is 0 Å². The van der Waals surface area contributed by atoms with E-state index in [4.69, 9.17) is 0 Å². The minimum absolute atomic E-state index is 0.0459. The molecular weight excluding hydrogens is 228 g/mol. The molecule has 1 fully saturated rings. The van der Waals surface area contributed by atoms with E-state index in [1.165, 1.54) is 0 Å². The van der Waals surface area contributed by atoms with E-state index in [0.717, 1.165) is 32.5 Å². The van der Waals surface area contributed by atoms with Crippen LogP contribution >= 0.6 is 0 Å². The van der Waals surface area contributed by atoms with Crippen molar-refractivity contribution in [2.75, 3.05) is 26.2 Å². The Bertz CT molecular complexity index is 400. The van der Waals surface area contributed by atoms with Crippen molar-refractivity contribution in [1.29, 1.82) is 0 Å². The van der Waals surface area contributed by atoms with E-state index in [2.05, 4.69) is 10.2 Å².